The topological polar surface area (TPSA) is 95.7 Å². The van der Waals surface area contributed by atoms with E-state index in [9.17, 15) is 13.2 Å². The number of H-pyrrole nitrogens is 1. The van der Waals surface area contributed by atoms with Crippen molar-refractivity contribution in [1.29, 1.82) is 0 Å². The molecule has 12 heteroatoms. The van der Waals surface area contributed by atoms with E-state index in [1.54, 1.807) is 0 Å². The van der Waals surface area contributed by atoms with Crippen LogP contribution in [0.5, 0.6) is 0 Å². The number of aromatic amines is 1. The molecule has 0 spiro atoms. The highest BCUT2D eigenvalue weighted by Gasteiger charge is 2.38. The maximum atomic E-state index is 10.6. The first-order valence-electron chi connectivity index (χ1n) is 13.8. The molecule has 1 aliphatic heterocycles. The highest BCUT2D eigenvalue weighted by atomic mass is 28.3. The number of nitrogens with zero attached hydrogens (tertiary/aromatic N) is 4. The molecule has 2 N–H and O–H groups in total. The lowest BCUT2D eigenvalue weighted by Gasteiger charge is -2.27. The van der Waals surface area contributed by atoms with Crippen LogP contribution in [0.15, 0.2) is 29.6 Å². The third kappa shape index (κ3) is 8.20. The van der Waals surface area contributed by atoms with Crippen LogP contribution in [0.25, 0.3) is 0 Å². The summed E-state index contributed by atoms with van der Waals surface area (Å²) in [5.41, 5.74) is 2.40. The second-order valence-electron chi connectivity index (χ2n) is 12.1. The van der Waals surface area contributed by atoms with E-state index >= 15 is 0 Å². The number of carboxylic acid groups (broad SMARTS) is 1. The molecule has 8 nitrogen and oxygen atoms in total. The monoisotopic (exact) mass is 567 g/mol. The molecule has 2 aliphatic carbocycles. The average Bonchev–Trinajstić information content (AvgIpc) is 3.29. The molecule has 0 amide bonds. The number of ether oxygens (including phenoxy) is 1. The number of anilines is 1. The number of nitrogens with one attached hydrogen (secondary N) is 1. The van der Waals surface area contributed by atoms with Crippen molar-refractivity contribution in [3.63, 3.8) is 0 Å². The van der Waals surface area contributed by atoms with Gasteiger partial charge < -0.3 is 14.8 Å². The summed E-state index contributed by atoms with van der Waals surface area (Å²) in [5.74, 6) is 0.0557. The third-order valence-corrected chi connectivity index (χ3v) is 9.36. The van der Waals surface area contributed by atoms with Gasteiger partial charge in [-0.25, -0.2) is 4.79 Å². The Morgan fingerprint density at radius 1 is 1.23 bits per heavy atom. The molecule has 2 unspecified atom stereocenters. The molecule has 39 heavy (non-hydrogen) atoms. The molecular formula is C27H40F3N5O3Si. The third-order valence-electron chi connectivity index (χ3n) is 7.66. The van der Waals surface area contributed by atoms with Crippen LogP contribution in [0, 0.1) is 11.8 Å². The van der Waals surface area contributed by atoms with Crippen LogP contribution in [0.3, 0.4) is 0 Å². The summed E-state index contributed by atoms with van der Waals surface area (Å²) < 4.78 is 40.0. The van der Waals surface area contributed by atoms with Gasteiger partial charge in [0.2, 0.25) is 0 Å². The normalized spacial score (nSPS) is 20.5. The van der Waals surface area contributed by atoms with Gasteiger partial charge >= 0.3 is 12.1 Å². The predicted octanol–water partition coefficient (Wildman–Crippen LogP) is 6.63. The lowest BCUT2D eigenvalue weighted by atomic mass is 9.93. The van der Waals surface area contributed by atoms with E-state index in [1.165, 1.54) is 62.1 Å². The molecule has 5 rings (SSSR count). The zero-order valence-corrected chi connectivity index (χ0v) is 24.0. The molecule has 2 aromatic rings. The van der Waals surface area contributed by atoms with Crippen LogP contribution in [-0.2, 0) is 9.53 Å². The van der Waals surface area contributed by atoms with Crippen LogP contribution in [-0.4, -0.2) is 59.8 Å². The highest BCUT2D eigenvalue weighted by Crippen LogP contribution is 2.44. The van der Waals surface area contributed by atoms with Crippen molar-refractivity contribution >= 4 is 26.2 Å². The first kappa shape index (κ1) is 29.4. The number of carboxylic acids is 1. The van der Waals surface area contributed by atoms with Gasteiger partial charge in [0.1, 0.15) is 18.6 Å². The second kappa shape index (κ2) is 12.3. The van der Waals surface area contributed by atoms with Gasteiger partial charge in [0, 0.05) is 38.2 Å². The summed E-state index contributed by atoms with van der Waals surface area (Å²) >= 11 is 0. The maximum Gasteiger partial charge on any atom is 0.490 e. The Morgan fingerprint density at radius 3 is 2.54 bits per heavy atom. The molecule has 2 saturated carbocycles. The van der Waals surface area contributed by atoms with E-state index in [-0.39, 0.29) is 6.04 Å². The molecule has 0 radical (unpaired) electrons. The van der Waals surface area contributed by atoms with Crippen molar-refractivity contribution in [2.45, 2.75) is 88.9 Å². The number of fused-ring (bicyclic) bond motifs is 1. The summed E-state index contributed by atoms with van der Waals surface area (Å²) in [6, 6.07) is 3.91. The number of aliphatic carboxylic acids is 1. The van der Waals surface area contributed by atoms with Gasteiger partial charge in [-0.1, -0.05) is 45.3 Å². The number of hydrogen-bond acceptors (Lipinski definition) is 5. The zero-order valence-electron chi connectivity index (χ0n) is 23.0. The molecular weight excluding hydrogens is 527 g/mol. The smallest absolute Gasteiger partial charge is 0.475 e. The van der Waals surface area contributed by atoms with E-state index in [1.807, 2.05) is 18.7 Å². The summed E-state index contributed by atoms with van der Waals surface area (Å²) in [4.78, 5) is 19.3. The fourth-order valence-electron chi connectivity index (χ4n) is 5.26. The summed E-state index contributed by atoms with van der Waals surface area (Å²) in [6.45, 7) is 8.51. The minimum atomic E-state index is -5.08. The molecule has 2 aromatic heterocycles. The van der Waals surface area contributed by atoms with Gasteiger partial charge in [-0.2, -0.15) is 18.3 Å². The van der Waals surface area contributed by atoms with E-state index in [0.29, 0.717) is 12.8 Å². The van der Waals surface area contributed by atoms with Gasteiger partial charge in [-0.3, -0.25) is 14.6 Å². The van der Waals surface area contributed by atoms with E-state index < -0.39 is 20.2 Å². The van der Waals surface area contributed by atoms with Gasteiger partial charge in [0.25, 0.3) is 0 Å². The molecule has 0 bridgehead atoms. The molecule has 0 aromatic carbocycles. The fourth-order valence-corrected chi connectivity index (χ4v) is 6.02. The minimum absolute atomic E-state index is 0.00776. The number of carbonyl (C=O) groups is 1. The zero-order chi connectivity index (χ0) is 28.2. The summed E-state index contributed by atoms with van der Waals surface area (Å²) in [7, 11) is -1.08. The van der Waals surface area contributed by atoms with Gasteiger partial charge in [-0.15, -0.1) is 0 Å². The summed E-state index contributed by atoms with van der Waals surface area (Å²) in [6.07, 6.45) is 12.8. The number of aliphatic imine (C=N–C) groups is 1. The predicted molar refractivity (Wildman–Crippen MR) is 147 cm³/mol. The fraction of sp³-hybridized carbons (Fsp3) is 0.667. The number of halogens is 3. The summed E-state index contributed by atoms with van der Waals surface area (Å²) in [5, 5.41) is 12.0. The van der Waals surface area contributed by atoms with E-state index in [4.69, 9.17) is 24.7 Å². The average molecular weight is 568 g/mol. The number of rotatable bonds is 10. The van der Waals surface area contributed by atoms with E-state index in [2.05, 4.69) is 46.5 Å². The first-order chi connectivity index (χ1) is 18.4. The van der Waals surface area contributed by atoms with Crippen LogP contribution in [0.2, 0.25) is 25.7 Å². The van der Waals surface area contributed by atoms with Crippen molar-refractivity contribution in [1.82, 2.24) is 14.8 Å². The number of hydrogen-bond donors (Lipinski definition) is 2. The maximum absolute atomic E-state index is 10.6. The second-order valence-corrected chi connectivity index (χ2v) is 17.7. The molecule has 216 valence electrons. The Labute approximate surface area is 228 Å². The standard InChI is InChI=1S/C25H39N5OSi.C2HF3O2/c1-32(2,3)13-12-31-18-29-17-27-24(22-10-11-26-25(22)29)21-15-28-30(16-21)23(14-19-8-9-19)20-6-4-5-7-20;3-2(4,5)1(6)7/h10-11,15-17,19-20,23-24,26H,4-9,12-14,18H2,1-3H3;(H,6,7). The van der Waals surface area contributed by atoms with Gasteiger partial charge in [-0.05, 0) is 43.2 Å². The SMILES string of the molecule is C[Si](C)(C)CCOCN1C=NC(c2cnn(C(CC3CC3)C3CCCC3)c2)c2cc[nH]c21.O=C(O)C(F)(F)F. The van der Waals surface area contributed by atoms with Crippen molar-refractivity contribution in [2.24, 2.45) is 16.8 Å². The van der Waals surface area contributed by atoms with Crippen LogP contribution >= 0.6 is 0 Å². The number of alkyl halides is 3. The lowest BCUT2D eigenvalue weighted by molar-refractivity contribution is -0.192. The van der Waals surface area contributed by atoms with E-state index in [0.717, 1.165) is 24.3 Å². The van der Waals surface area contributed by atoms with Crippen molar-refractivity contribution < 1.29 is 27.8 Å². The quantitative estimate of drug-likeness (QED) is 0.248. The van der Waals surface area contributed by atoms with Crippen molar-refractivity contribution in [2.75, 3.05) is 18.2 Å². The van der Waals surface area contributed by atoms with Gasteiger partial charge in [0.05, 0.1) is 18.6 Å². The Morgan fingerprint density at radius 2 is 1.92 bits per heavy atom. The van der Waals surface area contributed by atoms with Crippen molar-refractivity contribution in [3.8, 4) is 0 Å². The van der Waals surface area contributed by atoms with Crippen LogP contribution < -0.4 is 4.90 Å². The molecule has 0 saturated heterocycles. The first-order valence-corrected chi connectivity index (χ1v) is 17.5. The Kier molecular flexibility index (Phi) is 9.25. The lowest BCUT2D eigenvalue weighted by Crippen LogP contribution is -2.30. The minimum Gasteiger partial charge on any atom is -0.475 e. The Hall–Kier alpha value is -2.60. The molecule has 2 fully saturated rings. The largest absolute Gasteiger partial charge is 0.490 e. The van der Waals surface area contributed by atoms with Crippen molar-refractivity contribution in [3.05, 3.63) is 35.8 Å². The van der Waals surface area contributed by atoms with Crippen LogP contribution in [0.1, 0.15) is 68.2 Å². The molecule has 3 heterocycles. The Balaban J connectivity index is 0.000000448. The van der Waals surface area contributed by atoms with Crippen LogP contribution in [0.4, 0.5) is 19.0 Å². The Bertz CT molecular complexity index is 1120. The molecule has 2 atom stereocenters. The highest BCUT2D eigenvalue weighted by molar-refractivity contribution is 6.76. The molecule has 3 aliphatic rings. The van der Waals surface area contributed by atoms with Gasteiger partial charge in [0.15, 0.2) is 0 Å². The number of aromatic nitrogens is 3.